The summed E-state index contributed by atoms with van der Waals surface area (Å²) in [5.74, 6) is 2.19. The van der Waals surface area contributed by atoms with E-state index in [1.807, 2.05) is 17.0 Å². The van der Waals surface area contributed by atoms with Gasteiger partial charge in [0.05, 0.1) is 33.1 Å². The number of hydrogen-bond acceptors (Lipinski definition) is 7. The average Bonchev–Trinajstić information content (AvgIpc) is 2.73. The van der Waals surface area contributed by atoms with Gasteiger partial charge in [0.15, 0.2) is 23.1 Å². The molecule has 0 aliphatic carbocycles. The van der Waals surface area contributed by atoms with E-state index >= 15 is 0 Å². The molecule has 0 saturated carbocycles. The van der Waals surface area contributed by atoms with E-state index in [4.69, 9.17) is 14.2 Å². The molecule has 3 heterocycles. The van der Waals surface area contributed by atoms with Crippen molar-refractivity contribution in [3.8, 4) is 11.5 Å². The van der Waals surface area contributed by atoms with Gasteiger partial charge in [-0.2, -0.15) is 4.98 Å². The maximum Gasteiger partial charge on any atom is 0.224 e. The van der Waals surface area contributed by atoms with E-state index in [1.54, 1.807) is 7.11 Å². The lowest BCUT2D eigenvalue weighted by Crippen LogP contribution is -2.37. The van der Waals surface area contributed by atoms with Crippen LogP contribution in [0.25, 0.3) is 0 Å². The normalized spacial score (nSPS) is 19.2. The van der Waals surface area contributed by atoms with Gasteiger partial charge in [-0.15, -0.1) is 0 Å². The second-order valence-corrected chi connectivity index (χ2v) is 6.68. The summed E-state index contributed by atoms with van der Waals surface area (Å²) in [6.07, 6.45) is 2.09. The first-order valence-electron chi connectivity index (χ1n) is 9.12. The summed E-state index contributed by atoms with van der Waals surface area (Å²) in [4.78, 5) is 10.3. The molecule has 1 aromatic carbocycles. The minimum Gasteiger partial charge on any atom is -0.493 e. The number of ether oxygens (including phenoxy) is 3. The van der Waals surface area contributed by atoms with E-state index < -0.39 is 5.82 Å². The van der Waals surface area contributed by atoms with Gasteiger partial charge < -0.3 is 24.4 Å². The summed E-state index contributed by atoms with van der Waals surface area (Å²) in [5.41, 5.74) is 1.13. The molecule has 1 atom stereocenters. The minimum absolute atomic E-state index is 0.269. The van der Waals surface area contributed by atoms with E-state index in [2.05, 4.69) is 21.4 Å². The van der Waals surface area contributed by atoms with Gasteiger partial charge in [0.2, 0.25) is 5.95 Å². The molecule has 1 unspecified atom stereocenters. The lowest BCUT2D eigenvalue weighted by molar-refractivity contribution is 0.122. The highest BCUT2D eigenvalue weighted by Crippen LogP contribution is 2.36. The number of morpholine rings is 1. The Kier molecular flexibility index (Phi) is 5.24. The summed E-state index contributed by atoms with van der Waals surface area (Å²) in [6.45, 7) is 3.64. The van der Waals surface area contributed by atoms with Crippen molar-refractivity contribution in [2.45, 2.75) is 6.42 Å². The quantitative estimate of drug-likeness (QED) is 0.860. The fourth-order valence-electron chi connectivity index (χ4n) is 3.42. The maximum absolute atomic E-state index is 14.1. The van der Waals surface area contributed by atoms with Crippen LogP contribution >= 0.6 is 0 Å². The topological polar surface area (TPSA) is 68.7 Å². The van der Waals surface area contributed by atoms with Crippen LogP contribution in [0.2, 0.25) is 0 Å². The van der Waals surface area contributed by atoms with Crippen LogP contribution in [0.4, 0.5) is 16.2 Å². The molecule has 1 aromatic heterocycles. The largest absolute Gasteiger partial charge is 0.493 e. The molecule has 0 bridgehead atoms. The molecule has 0 amide bonds. The fourth-order valence-corrected chi connectivity index (χ4v) is 3.42. The summed E-state index contributed by atoms with van der Waals surface area (Å²) in [6, 6.07) is 5.92. The van der Waals surface area contributed by atoms with Crippen molar-refractivity contribution in [3.63, 3.8) is 0 Å². The summed E-state index contributed by atoms with van der Waals surface area (Å²) in [7, 11) is 1.64. The van der Waals surface area contributed by atoms with E-state index in [1.165, 1.54) is 6.20 Å². The minimum atomic E-state index is -0.413. The number of rotatable bonds is 5. The number of methoxy groups -OCH3 is 1. The molecule has 2 aliphatic rings. The van der Waals surface area contributed by atoms with Crippen LogP contribution in [-0.4, -0.2) is 56.5 Å². The first-order chi connectivity index (χ1) is 13.2. The Morgan fingerprint density at radius 3 is 3.00 bits per heavy atom. The number of hydrogen-bond donors (Lipinski definition) is 1. The summed E-state index contributed by atoms with van der Waals surface area (Å²) < 4.78 is 30.7. The van der Waals surface area contributed by atoms with Gasteiger partial charge in [0, 0.05) is 25.6 Å². The zero-order valence-corrected chi connectivity index (χ0v) is 15.3. The highest BCUT2D eigenvalue weighted by Gasteiger charge is 2.23. The molecule has 4 rings (SSSR count). The van der Waals surface area contributed by atoms with Crippen LogP contribution in [0.1, 0.15) is 5.56 Å². The van der Waals surface area contributed by atoms with Gasteiger partial charge in [-0.25, -0.2) is 9.37 Å². The molecule has 1 N–H and O–H groups in total. The first-order valence-corrected chi connectivity index (χ1v) is 9.12. The Hall–Kier alpha value is -2.61. The summed E-state index contributed by atoms with van der Waals surface area (Å²) >= 11 is 0. The number of para-hydroxylation sites is 1. The lowest BCUT2D eigenvalue weighted by atomic mass is 9.96. The number of halogens is 1. The number of benzene rings is 1. The predicted octanol–water partition coefficient (Wildman–Crippen LogP) is 2.12. The van der Waals surface area contributed by atoms with Gasteiger partial charge in [-0.05, 0) is 18.1 Å². The smallest absolute Gasteiger partial charge is 0.224 e. The third kappa shape index (κ3) is 3.90. The maximum atomic E-state index is 14.1. The predicted molar refractivity (Wildman–Crippen MR) is 99.2 cm³/mol. The number of anilines is 2. The average molecular weight is 374 g/mol. The van der Waals surface area contributed by atoms with Crippen LogP contribution in [-0.2, 0) is 11.2 Å². The molecular weight excluding hydrogens is 351 g/mol. The van der Waals surface area contributed by atoms with Crippen molar-refractivity contribution in [1.82, 2.24) is 9.97 Å². The van der Waals surface area contributed by atoms with Crippen LogP contribution in [0.5, 0.6) is 11.5 Å². The van der Waals surface area contributed by atoms with Crippen LogP contribution in [0, 0.1) is 11.7 Å². The molecule has 0 radical (unpaired) electrons. The van der Waals surface area contributed by atoms with E-state index in [9.17, 15) is 4.39 Å². The van der Waals surface area contributed by atoms with Gasteiger partial charge in [0.25, 0.3) is 0 Å². The third-order valence-corrected chi connectivity index (χ3v) is 4.84. The molecule has 1 saturated heterocycles. The zero-order valence-electron chi connectivity index (χ0n) is 15.3. The third-order valence-electron chi connectivity index (χ3n) is 4.84. The van der Waals surface area contributed by atoms with Crippen LogP contribution < -0.4 is 19.7 Å². The molecular formula is C19H23FN4O3. The zero-order chi connectivity index (χ0) is 18.6. The van der Waals surface area contributed by atoms with Crippen molar-refractivity contribution >= 4 is 11.8 Å². The lowest BCUT2D eigenvalue weighted by Gasteiger charge is -2.28. The molecule has 7 nitrogen and oxygen atoms in total. The van der Waals surface area contributed by atoms with Crippen molar-refractivity contribution in [2.24, 2.45) is 5.92 Å². The summed E-state index contributed by atoms with van der Waals surface area (Å²) in [5, 5.41) is 3.22. The fraction of sp³-hybridized carbons (Fsp3) is 0.474. The highest BCUT2D eigenvalue weighted by atomic mass is 19.1. The number of aromatic nitrogens is 2. The van der Waals surface area contributed by atoms with E-state index in [-0.39, 0.29) is 5.92 Å². The first kappa shape index (κ1) is 17.8. The van der Waals surface area contributed by atoms with Gasteiger partial charge in [-0.3, -0.25) is 0 Å². The molecule has 27 heavy (non-hydrogen) atoms. The Bertz CT molecular complexity index is 799. The Morgan fingerprint density at radius 1 is 1.33 bits per heavy atom. The molecule has 144 valence electrons. The highest BCUT2D eigenvalue weighted by molar-refractivity contribution is 5.48. The Balaban J connectivity index is 1.40. The monoisotopic (exact) mass is 374 g/mol. The molecule has 2 aliphatic heterocycles. The van der Waals surface area contributed by atoms with Crippen molar-refractivity contribution in [2.75, 3.05) is 56.8 Å². The van der Waals surface area contributed by atoms with Gasteiger partial charge in [-0.1, -0.05) is 12.1 Å². The van der Waals surface area contributed by atoms with Crippen LogP contribution in [0.3, 0.4) is 0 Å². The van der Waals surface area contributed by atoms with Crippen LogP contribution in [0.15, 0.2) is 24.4 Å². The Labute approximate surface area is 157 Å². The standard InChI is InChI=1S/C19H23FN4O3/c1-25-16-4-2-3-14-9-13(12-27-17(14)16)10-21-19-22-11-15(20)18(23-19)24-5-7-26-8-6-24/h2-4,11,13H,5-10,12H2,1H3,(H,21,22,23). The van der Waals surface area contributed by atoms with E-state index in [0.29, 0.717) is 51.2 Å². The van der Waals surface area contributed by atoms with E-state index in [0.717, 1.165) is 23.5 Å². The number of nitrogens with zero attached hydrogens (tertiary/aromatic N) is 3. The van der Waals surface area contributed by atoms with Crippen molar-refractivity contribution < 1.29 is 18.6 Å². The number of fused-ring (bicyclic) bond motifs is 1. The molecule has 0 spiro atoms. The second-order valence-electron chi connectivity index (χ2n) is 6.68. The van der Waals surface area contributed by atoms with Crippen molar-refractivity contribution in [1.29, 1.82) is 0 Å². The molecule has 8 heteroatoms. The van der Waals surface area contributed by atoms with Crippen molar-refractivity contribution in [3.05, 3.63) is 35.8 Å². The SMILES string of the molecule is COc1cccc2c1OCC(CNc1ncc(F)c(N3CCOCC3)n1)C2. The molecule has 1 fully saturated rings. The van der Waals surface area contributed by atoms with Gasteiger partial charge >= 0.3 is 0 Å². The second kappa shape index (κ2) is 7.96. The Morgan fingerprint density at radius 2 is 2.19 bits per heavy atom. The van der Waals surface area contributed by atoms with Gasteiger partial charge in [0.1, 0.15) is 0 Å². The molecule has 2 aromatic rings. The number of nitrogens with one attached hydrogen (secondary N) is 1.